The number of benzene rings is 4. The summed E-state index contributed by atoms with van der Waals surface area (Å²) in [6.07, 6.45) is -6.93. The summed E-state index contributed by atoms with van der Waals surface area (Å²) in [4.78, 5) is 26.8. The molecule has 228 valence electrons. The Morgan fingerprint density at radius 2 is 1.14 bits per heavy atom. The highest BCUT2D eigenvalue weighted by Crippen LogP contribution is 2.39. The van der Waals surface area contributed by atoms with Gasteiger partial charge in [-0.3, -0.25) is 9.59 Å². The molecule has 4 aromatic carbocycles. The molecule has 0 bridgehead atoms. The van der Waals surface area contributed by atoms with Crippen molar-refractivity contribution in [2.45, 2.75) is 55.4 Å². The van der Waals surface area contributed by atoms with Crippen LogP contribution < -0.4 is 4.74 Å². The van der Waals surface area contributed by atoms with Crippen molar-refractivity contribution < 1.29 is 39.1 Å². The predicted molar refractivity (Wildman–Crippen MR) is 163 cm³/mol. The van der Waals surface area contributed by atoms with Gasteiger partial charge in [0.05, 0.1) is 6.42 Å². The Hall–Kier alpha value is -4.34. The monoisotopic (exact) mass is 596 g/mol. The number of ether oxygens (including phenoxy) is 3. The van der Waals surface area contributed by atoms with Crippen LogP contribution in [0.15, 0.2) is 121 Å². The minimum Gasteiger partial charge on any atom is -0.463 e. The number of aliphatic hydroxyl groups excluding tert-OH is 3. The van der Waals surface area contributed by atoms with E-state index >= 15 is 0 Å². The van der Waals surface area contributed by atoms with Crippen LogP contribution >= 0.6 is 0 Å². The summed E-state index contributed by atoms with van der Waals surface area (Å²) < 4.78 is 17.0. The molecular weight excluding hydrogens is 560 g/mol. The van der Waals surface area contributed by atoms with E-state index in [1.807, 2.05) is 78.9 Å². The smallest absolute Gasteiger partial charge is 0.306 e. The Kier molecular flexibility index (Phi) is 10.5. The molecule has 44 heavy (non-hydrogen) atoms. The summed E-state index contributed by atoms with van der Waals surface area (Å²) >= 11 is 0. The van der Waals surface area contributed by atoms with Crippen LogP contribution in [0.3, 0.4) is 0 Å². The van der Waals surface area contributed by atoms with E-state index in [2.05, 4.69) is 0 Å². The zero-order valence-electron chi connectivity index (χ0n) is 24.1. The second-order valence-electron chi connectivity index (χ2n) is 10.9. The molecular formula is C36H36O8. The molecule has 0 saturated carbocycles. The fourth-order valence-electron chi connectivity index (χ4n) is 5.53. The molecule has 8 heteroatoms. The number of rotatable bonds is 12. The third-order valence-electron chi connectivity index (χ3n) is 7.90. The molecule has 0 aliphatic carbocycles. The molecule has 8 nitrogen and oxygen atoms in total. The Labute approximate surface area is 256 Å². The van der Waals surface area contributed by atoms with E-state index in [-0.39, 0.29) is 31.1 Å². The normalized spacial score (nSPS) is 22.8. The minimum absolute atomic E-state index is 0.0375. The molecule has 1 saturated heterocycles. The predicted octanol–water partition coefficient (Wildman–Crippen LogP) is 4.65. The van der Waals surface area contributed by atoms with Crippen molar-refractivity contribution in [1.29, 1.82) is 0 Å². The average molecular weight is 597 g/mol. The second-order valence-corrected chi connectivity index (χ2v) is 10.9. The van der Waals surface area contributed by atoms with Gasteiger partial charge in [-0.25, -0.2) is 0 Å². The van der Waals surface area contributed by atoms with Crippen LogP contribution in [0.4, 0.5) is 0 Å². The maximum absolute atomic E-state index is 13.4. The molecule has 2 unspecified atom stereocenters. The molecule has 0 amide bonds. The van der Waals surface area contributed by atoms with Crippen molar-refractivity contribution in [3.8, 4) is 5.75 Å². The van der Waals surface area contributed by atoms with Crippen LogP contribution in [0.1, 0.15) is 46.2 Å². The Morgan fingerprint density at radius 3 is 1.70 bits per heavy atom. The van der Waals surface area contributed by atoms with Crippen molar-refractivity contribution in [3.05, 3.63) is 138 Å². The Morgan fingerprint density at radius 1 is 0.636 bits per heavy atom. The number of aliphatic hydroxyl groups is 3. The highest BCUT2D eigenvalue weighted by atomic mass is 16.7. The third-order valence-corrected chi connectivity index (χ3v) is 7.90. The summed E-state index contributed by atoms with van der Waals surface area (Å²) in [5.41, 5.74) is 2.39. The third kappa shape index (κ3) is 7.78. The van der Waals surface area contributed by atoms with Crippen LogP contribution in [0.5, 0.6) is 5.75 Å². The first-order valence-corrected chi connectivity index (χ1v) is 14.7. The van der Waals surface area contributed by atoms with E-state index in [1.54, 1.807) is 42.5 Å². The molecule has 4 aromatic rings. The zero-order valence-corrected chi connectivity index (χ0v) is 24.1. The lowest BCUT2D eigenvalue weighted by molar-refractivity contribution is -0.278. The molecule has 0 spiro atoms. The highest BCUT2D eigenvalue weighted by molar-refractivity contribution is 5.96. The topological polar surface area (TPSA) is 123 Å². The van der Waals surface area contributed by atoms with Gasteiger partial charge in [0, 0.05) is 17.9 Å². The van der Waals surface area contributed by atoms with E-state index < -0.39 is 42.6 Å². The lowest BCUT2D eigenvalue weighted by Crippen LogP contribution is -2.60. The van der Waals surface area contributed by atoms with E-state index in [4.69, 9.17) is 14.2 Å². The maximum Gasteiger partial charge on any atom is 0.306 e. The standard InChI is InChI=1S/C36H36O8/c37-30(26-17-9-3-10-18-26)21-28(24-13-5-1-6-14-24)29(25-15-7-2-8-16-25)22-32(38)42-23-31-33(39)34(40)35(41)36(44-31)43-27-19-11-4-12-20-27/h1-20,28-29,31,33-36,39-41H,21-23H2/t28?,29?,31-,33-,34+,35-,36-/m1/s1. The number of Topliss-reactive ketones (excluding diaryl/α,β-unsaturated/α-hetero) is 1. The number of carbonyl (C=O) groups excluding carboxylic acids is 2. The first kappa shape index (κ1) is 31.1. The van der Waals surface area contributed by atoms with Crippen molar-refractivity contribution in [3.63, 3.8) is 0 Å². The van der Waals surface area contributed by atoms with Gasteiger partial charge in [0.25, 0.3) is 0 Å². The van der Waals surface area contributed by atoms with Gasteiger partial charge in [-0.1, -0.05) is 109 Å². The summed E-state index contributed by atoms with van der Waals surface area (Å²) in [6, 6.07) is 36.8. The van der Waals surface area contributed by atoms with E-state index in [0.29, 0.717) is 11.3 Å². The first-order valence-electron chi connectivity index (χ1n) is 14.7. The van der Waals surface area contributed by atoms with E-state index in [9.17, 15) is 24.9 Å². The molecule has 1 aliphatic heterocycles. The van der Waals surface area contributed by atoms with Crippen molar-refractivity contribution in [1.82, 2.24) is 0 Å². The first-order chi connectivity index (χ1) is 21.4. The molecule has 1 fully saturated rings. The largest absolute Gasteiger partial charge is 0.463 e. The van der Waals surface area contributed by atoms with Gasteiger partial charge >= 0.3 is 5.97 Å². The quantitative estimate of drug-likeness (QED) is 0.160. The van der Waals surface area contributed by atoms with Gasteiger partial charge < -0.3 is 29.5 Å². The fourth-order valence-corrected chi connectivity index (χ4v) is 5.53. The molecule has 0 radical (unpaired) electrons. The lowest BCUT2D eigenvalue weighted by atomic mass is 9.76. The van der Waals surface area contributed by atoms with Crippen LogP contribution in [0.25, 0.3) is 0 Å². The summed E-state index contributed by atoms with van der Waals surface area (Å²) in [5.74, 6) is -0.944. The number of hydrogen-bond donors (Lipinski definition) is 3. The molecule has 1 heterocycles. The van der Waals surface area contributed by atoms with Gasteiger partial charge in [0.15, 0.2) is 5.78 Å². The van der Waals surface area contributed by atoms with E-state index in [1.165, 1.54) is 0 Å². The van der Waals surface area contributed by atoms with Gasteiger partial charge in [-0.15, -0.1) is 0 Å². The summed E-state index contributed by atoms with van der Waals surface area (Å²) in [5, 5.41) is 31.5. The van der Waals surface area contributed by atoms with Crippen LogP contribution in [0, 0.1) is 0 Å². The Balaban J connectivity index is 1.33. The van der Waals surface area contributed by atoms with Gasteiger partial charge in [-0.05, 0) is 29.2 Å². The van der Waals surface area contributed by atoms with Gasteiger partial charge in [-0.2, -0.15) is 0 Å². The molecule has 1 aliphatic rings. The number of para-hydroxylation sites is 1. The fraction of sp³-hybridized carbons (Fsp3) is 0.278. The summed E-state index contributed by atoms with van der Waals surface area (Å²) in [6.45, 7) is -0.376. The second kappa shape index (κ2) is 14.9. The van der Waals surface area contributed by atoms with Crippen molar-refractivity contribution in [2.75, 3.05) is 6.61 Å². The highest BCUT2D eigenvalue weighted by Gasteiger charge is 2.45. The summed E-state index contributed by atoms with van der Waals surface area (Å²) in [7, 11) is 0. The Bertz CT molecular complexity index is 1470. The lowest BCUT2D eigenvalue weighted by Gasteiger charge is -2.40. The number of ketones is 1. The zero-order chi connectivity index (χ0) is 30.9. The van der Waals surface area contributed by atoms with Gasteiger partial charge in [0.1, 0.15) is 36.8 Å². The SMILES string of the molecule is O=C(CC(c1ccccc1)C(CC(=O)c1ccccc1)c1ccccc1)OC[C@H]1O[C@@H](Oc2ccccc2)[C@H](O)[C@@H](O)[C@@H]1O. The van der Waals surface area contributed by atoms with Crippen molar-refractivity contribution >= 4 is 11.8 Å². The van der Waals surface area contributed by atoms with Crippen molar-refractivity contribution in [2.24, 2.45) is 0 Å². The van der Waals surface area contributed by atoms with Crippen LogP contribution in [0.2, 0.25) is 0 Å². The molecule has 7 atom stereocenters. The van der Waals surface area contributed by atoms with Gasteiger partial charge in [0.2, 0.25) is 6.29 Å². The molecule has 0 aromatic heterocycles. The van der Waals surface area contributed by atoms with E-state index in [0.717, 1.165) is 11.1 Å². The van der Waals surface area contributed by atoms with Crippen LogP contribution in [-0.2, 0) is 14.3 Å². The molecule has 3 N–H and O–H groups in total. The minimum atomic E-state index is -1.58. The molecule has 5 rings (SSSR count). The number of hydrogen-bond acceptors (Lipinski definition) is 8. The number of carbonyl (C=O) groups is 2. The maximum atomic E-state index is 13.4. The average Bonchev–Trinajstić information content (AvgIpc) is 3.07. The van der Waals surface area contributed by atoms with Crippen LogP contribution in [-0.4, -0.2) is 64.4 Å². The number of esters is 1.